The number of sulfone groups is 1. The molecule has 3 rings (SSSR count). The Hall–Kier alpha value is -2.22. The van der Waals surface area contributed by atoms with Gasteiger partial charge >= 0.3 is 0 Å². The molecule has 0 saturated carbocycles. The Bertz CT molecular complexity index is 989. The van der Waals surface area contributed by atoms with Crippen LogP contribution in [0.2, 0.25) is 0 Å². The average molecular weight is 409 g/mol. The van der Waals surface area contributed by atoms with Crippen LogP contribution in [0.1, 0.15) is 40.1 Å². The highest BCUT2D eigenvalue weighted by molar-refractivity contribution is 7.91. The lowest BCUT2D eigenvalue weighted by atomic mass is 10.0. The number of nitrogens with one attached hydrogen (secondary N) is 2. The first-order chi connectivity index (χ1) is 12.4. The number of likely N-dealkylation sites (N-methyl/N-ethyl adjacent to an activating group) is 1. The quantitative estimate of drug-likeness (QED) is 0.675. The average Bonchev–Trinajstić information content (AvgIpc) is 2.64. The van der Waals surface area contributed by atoms with Crippen molar-refractivity contribution in [3.63, 3.8) is 0 Å². The number of carbonyl (C=O) groups excluding carboxylic acids is 2. The van der Waals surface area contributed by atoms with Crippen LogP contribution >= 0.6 is 12.4 Å². The van der Waals surface area contributed by atoms with E-state index in [9.17, 15) is 18.0 Å². The SMILES string of the molecule is CCN[C@H](C)CNC(=O)c1ccc2c(c1)S(=O)(=O)c1ccccc1C2=O.Cl. The number of carbonyl (C=O) groups is 2. The lowest BCUT2D eigenvalue weighted by Crippen LogP contribution is -2.38. The summed E-state index contributed by atoms with van der Waals surface area (Å²) in [6.07, 6.45) is 0. The summed E-state index contributed by atoms with van der Waals surface area (Å²) in [7, 11) is -3.84. The van der Waals surface area contributed by atoms with Crippen LogP contribution in [-0.2, 0) is 9.84 Å². The molecule has 1 aliphatic heterocycles. The minimum absolute atomic E-state index is 0. The molecule has 0 unspecified atom stereocenters. The van der Waals surface area contributed by atoms with E-state index in [1.807, 2.05) is 13.8 Å². The Morgan fingerprint density at radius 2 is 1.74 bits per heavy atom. The maximum atomic E-state index is 12.9. The Kier molecular flexibility index (Phi) is 6.41. The van der Waals surface area contributed by atoms with E-state index >= 15 is 0 Å². The minimum Gasteiger partial charge on any atom is -0.350 e. The molecule has 2 N–H and O–H groups in total. The van der Waals surface area contributed by atoms with E-state index in [1.165, 1.54) is 30.3 Å². The van der Waals surface area contributed by atoms with Crippen LogP contribution in [0.15, 0.2) is 52.3 Å². The summed E-state index contributed by atoms with van der Waals surface area (Å²) < 4.78 is 25.7. The second kappa shape index (κ2) is 8.21. The van der Waals surface area contributed by atoms with Crippen LogP contribution in [0, 0.1) is 0 Å². The Balaban J connectivity index is 0.00000261. The molecule has 1 aliphatic rings. The third-order valence-corrected chi connectivity index (χ3v) is 6.17. The third-order valence-electron chi connectivity index (χ3n) is 4.32. The fourth-order valence-electron chi connectivity index (χ4n) is 2.99. The summed E-state index contributed by atoms with van der Waals surface area (Å²) in [5.74, 6) is -0.725. The van der Waals surface area contributed by atoms with Crippen LogP contribution in [0.5, 0.6) is 0 Å². The molecular formula is C19H21ClN2O4S. The summed E-state index contributed by atoms with van der Waals surface area (Å²) in [6.45, 7) is 5.12. The first-order valence-electron chi connectivity index (χ1n) is 8.40. The Morgan fingerprint density at radius 1 is 1.07 bits per heavy atom. The molecule has 1 atom stereocenters. The molecule has 6 nitrogen and oxygen atoms in total. The molecule has 27 heavy (non-hydrogen) atoms. The van der Waals surface area contributed by atoms with Crippen molar-refractivity contribution in [2.45, 2.75) is 29.7 Å². The number of hydrogen-bond donors (Lipinski definition) is 2. The molecule has 0 aliphatic carbocycles. The van der Waals surface area contributed by atoms with Crippen LogP contribution in [-0.4, -0.2) is 39.2 Å². The summed E-state index contributed by atoms with van der Waals surface area (Å²) in [4.78, 5) is 24.8. The van der Waals surface area contributed by atoms with Crippen molar-refractivity contribution in [3.8, 4) is 0 Å². The fourth-order valence-corrected chi connectivity index (χ4v) is 4.67. The summed E-state index contributed by atoms with van der Waals surface area (Å²) in [5.41, 5.74) is 0.473. The monoisotopic (exact) mass is 408 g/mol. The van der Waals surface area contributed by atoms with Crippen molar-refractivity contribution < 1.29 is 18.0 Å². The molecule has 0 radical (unpaired) electrons. The van der Waals surface area contributed by atoms with Gasteiger partial charge in [-0.25, -0.2) is 8.42 Å². The zero-order valence-corrected chi connectivity index (χ0v) is 16.6. The van der Waals surface area contributed by atoms with Gasteiger partial charge in [0.25, 0.3) is 5.91 Å². The molecule has 1 heterocycles. The molecule has 2 aromatic rings. The van der Waals surface area contributed by atoms with Crippen molar-refractivity contribution in [1.82, 2.24) is 10.6 Å². The molecule has 2 aromatic carbocycles. The normalized spacial score (nSPS) is 15.1. The van der Waals surface area contributed by atoms with Gasteiger partial charge in [0, 0.05) is 29.3 Å². The second-order valence-electron chi connectivity index (χ2n) is 6.21. The van der Waals surface area contributed by atoms with Crippen molar-refractivity contribution >= 4 is 33.9 Å². The number of fused-ring (bicyclic) bond motifs is 2. The van der Waals surface area contributed by atoms with Gasteiger partial charge < -0.3 is 10.6 Å². The maximum absolute atomic E-state index is 12.9. The summed E-state index contributed by atoms with van der Waals surface area (Å²) in [6, 6.07) is 10.4. The van der Waals surface area contributed by atoms with Gasteiger partial charge in [-0.15, -0.1) is 12.4 Å². The van der Waals surface area contributed by atoms with Crippen molar-refractivity contribution in [1.29, 1.82) is 0 Å². The fraction of sp³-hybridized carbons (Fsp3) is 0.263. The zero-order valence-electron chi connectivity index (χ0n) is 15.0. The highest BCUT2D eigenvalue weighted by atomic mass is 35.5. The molecular weight excluding hydrogens is 388 g/mol. The topological polar surface area (TPSA) is 92.3 Å². The van der Waals surface area contributed by atoms with Gasteiger partial charge in [0.05, 0.1) is 9.79 Å². The van der Waals surface area contributed by atoms with E-state index in [4.69, 9.17) is 0 Å². The molecule has 0 bridgehead atoms. The van der Waals surface area contributed by atoms with E-state index in [0.717, 1.165) is 6.54 Å². The minimum atomic E-state index is -3.84. The first kappa shape index (κ1) is 21.1. The van der Waals surface area contributed by atoms with Gasteiger partial charge in [0.15, 0.2) is 5.78 Å². The first-order valence-corrected chi connectivity index (χ1v) is 9.89. The van der Waals surface area contributed by atoms with E-state index in [-0.39, 0.29) is 56.6 Å². The van der Waals surface area contributed by atoms with Crippen molar-refractivity contribution in [2.75, 3.05) is 13.1 Å². The van der Waals surface area contributed by atoms with Crippen LogP contribution in [0.4, 0.5) is 0 Å². The van der Waals surface area contributed by atoms with Crippen molar-refractivity contribution in [3.05, 3.63) is 59.2 Å². The van der Waals surface area contributed by atoms with Crippen LogP contribution in [0.3, 0.4) is 0 Å². The molecule has 1 amide bonds. The molecule has 0 spiro atoms. The van der Waals surface area contributed by atoms with Gasteiger partial charge in [-0.3, -0.25) is 9.59 Å². The number of halogens is 1. The summed E-state index contributed by atoms with van der Waals surface area (Å²) >= 11 is 0. The van der Waals surface area contributed by atoms with E-state index in [2.05, 4.69) is 10.6 Å². The van der Waals surface area contributed by atoms with Crippen LogP contribution < -0.4 is 10.6 Å². The van der Waals surface area contributed by atoms with E-state index in [1.54, 1.807) is 12.1 Å². The number of amides is 1. The zero-order chi connectivity index (χ0) is 18.9. The molecule has 144 valence electrons. The Morgan fingerprint density at radius 3 is 2.44 bits per heavy atom. The van der Waals surface area contributed by atoms with Crippen molar-refractivity contribution in [2.24, 2.45) is 0 Å². The smallest absolute Gasteiger partial charge is 0.251 e. The largest absolute Gasteiger partial charge is 0.350 e. The van der Waals surface area contributed by atoms with Gasteiger partial charge in [0.2, 0.25) is 9.84 Å². The Labute approximate surface area is 164 Å². The van der Waals surface area contributed by atoms with Gasteiger partial charge in [-0.2, -0.15) is 0 Å². The predicted molar refractivity (Wildman–Crippen MR) is 104 cm³/mol. The number of benzene rings is 2. The third kappa shape index (κ3) is 3.90. The standard InChI is InChI=1S/C19H20N2O4S.ClH/c1-3-20-12(2)11-21-19(23)13-8-9-15-17(10-13)26(24,25)16-7-5-4-6-14(16)18(15)22;/h4-10,12,20H,3,11H2,1-2H3,(H,21,23);1H/t12-;/m1./s1. The maximum Gasteiger partial charge on any atom is 0.251 e. The lowest BCUT2D eigenvalue weighted by Gasteiger charge is -2.19. The van der Waals surface area contributed by atoms with E-state index in [0.29, 0.717) is 6.54 Å². The number of hydrogen-bond acceptors (Lipinski definition) is 5. The molecule has 0 saturated heterocycles. The highest BCUT2D eigenvalue weighted by Crippen LogP contribution is 2.34. The van der Waals surface area contributed by atoms with E-state index < -0.39 is 9.84 Å². The predicted octanol–water partition coefficient (Wildman–Crippen LogP) is 2.21. The number of rotatable bonds is 5. The lowest BCUT2D eigenvalue weighted by molar-refractivity contribution is 0.0948. The number of ketones is 1. The molecule has 8 heteroatoms. The molecule has 0 fully saturated rings. The van der Waals surface area contributed by atoms with Crippen LogP contribution in [0.25, 0.3) is 0 Å². The molecule has 0 aromatic heterocycles. The van der Waals surface area contributed by atoms with Gasteiger partial charge in [-0.05, 0) is 43.8 Å². The van der Waals surface area contributed by atoms with Gasteiger partial charge in [-0.1, -0.05) is 19.1 Å². The summed E-state index contributed by atoms with van der Waals surface area (Å²) in [5, 5.41) is 5.94. The second-order valence-corrected chi connectivity index (χ2v) is 8.09. The highest BCUT2D eigenvalue weighted by Gasteiger charge is 2.34. The van der Waals surface area contributed by atoms with Gasteiger partial charge in [0.1, 0.15) is 0 Å².